The van der Waals surface area contributed by atoms with E-state index < -0.39 is 17.9 Å². The van der Waals surface area contributed by atoms with E-state index in [1.54, 1.807) is 19.2 Å². The fourth-order valence-corrected chi connectivity index (χ4v) is 3.79. The number of primary amides is 1. The van der Waals surface area contributed by atoms with E-state index in [2.05, 4.69) is 32.5 Å². The topological polar surface area (TPSA) is 210 Å². The zero-order valence-electron chi connectivity index (χ0n) is 27.9. The van der Waals surface area contributed by atoms with Crippen LogP contribution < -0.4 is 37.1 Å². The summed E-state index contributed by atoms with van der Waals surface area (Å²) in [7, 11) is 1.58. The maximum absolute atomic E-state index is 12.0. The number of hydrogen-bond donors (Lipinski definition) is 6. The van der Waals surface area contributed by atoms with Crippen LogP contribution in [0, 0.1) is 18.3 Å². The number of urea groups is 2. The molecule has 0 unspecified atom stereocenters. The second kappa shape index (κ2) is 29.2. The van der Waals surface area contributed by atoms with Gasteiger partial charge in [-0.25, -0.2) is 9.59 Å². The normalized spacial score (nSPS) is 11.2. The molecule has 1 aromatic rings. The van der Waals surface area contributed by atoms with Crippen molar-refractivity contribution in [1.82, 2.24) is 26.6 Å². The molecule has 0 radical (unpaired) electrons. The molecule has 0 aliphatic heterocycles. The highest BCUT2D eigenvalue weighted by Crippen LogP contribution is 2.14. The largest absolute Gasteiger partial charge is 0.497 e. The second-order valence-corrected chi connectivity index (χ2v) is 10.1. The van der Waals surface area contributed by atoms with Gasteiger partial charge in [0.05, 0.1) is 79.0 Å². The summed E-state index contributed by atoms with van der Waals surface area (Å²) in [6.45, 7) is 5.20. The lowest BCUT2D eigenvalue weighted by Gasteiger charge is -2.15. The van der Waals surface area contributed by atoms with Crippen LogP contribution in [0.15, 0.2) is 24.3 Å². The molecule has 1 rings (SSSR count). The minimum Gasteiger partial charge on any atom is -0.497 e. The Labute approximate surface area is 282 Å². The number of nitrogens with two attached hydrogens (primary N) is 1. The number of carbonyl (C=O) groups excluding carboxylic acids is 4. The number of methoxy groups -OCH3 is 1. The zero-order chi connectivity index (χ0) is 35.1. The Hall–Kier alpha value is -3.98. The Kier molecular flexibility index (Phi) is 25.6. The molecular weight excluding hydrogens is 628 g/mol. The average Bonchev–Trinajstić information content (AvgIpc) is 3.08. The van der Waals surface area contributed by atoms with Gasteiger partial charge in [-0.2, -0.15) is 0 Å². The highest BCUT2D eigenvalue weighted by atomic mass is 16.5. The van der Waals surface area contributed by atoms with Crippen molar-refractivity contribution >= 4 is 23.8 Å². The maximum Gasteiger partial charge on any atom is 0.314 e. The third kappa shape index (κ3) is 24.2. The summed E-state index contributed by atoms with van der Waals surface area (Å²) in [5.41, 5.74) is 6.41. The monoisotopic (exact) mass is 680 g/mol. The highest BCUT2D eigenvalue weighted by Gasteiger charge is 2.17. The molecule has 1 atom stereocenters. The first-order valence-corrected chi connectivity index (χ1v) is 15.9. The molecule has 0 heterocycles. The lowest BCUT2D eigenvalue weighted by Crippen LogP contribution is -2.42. The number of Topliss-reactive ketones (excluding diaryl/α,β-unsaturated/α-hetero) is 1. The molecule has 0 saturated carbocycles. The average molecular weight is 681 g/mol. The summed E-state index contributed by atoms with van der Waals surface area (Å²) in [4.78, 5) is 47.2. The lowest BCUT2D eigenvalue weighted by atomic mass is 9.98. The predicted octanol–water partition coefficient (Wildman–Crippen LogP) is -0.797. The Bertz CT molecular complexity index is 1070. The van der Waals surface area contributed by atoms with E-state index in [-0.39, 0.29) is 44.7 Å². The number of ether oxygens (including phenoxy) is 6. The van der Waals surface area contributed by atoms with Crippen LogP contribution in [-0.4, -0.2) is 136 Å². The van der Waals surface area contributed by atoms with Crippen molar-refractivity contribution in [3.05, 3.63) is 29.8 Å². The molecule has 16 nitrogen and oxygen atoms in total. The maximum atomic E-state index is 12.0. The Morgan fingerprint density at radius 1 is 0.729 bits per heavy atom. The highest BCUT2D eigenvalue weighted by molar-refractivity contribution is 5.80. The quantitative estimate of drug-likeness (QED) is 0.0438. The fraction of sp³-hybridized carbons (Fsp3) is 0.625. The van der Waals surface area contributed by atoms with Crippen molar-refractivity contribution in [3.8, 4) is 18.1 Å². The molecule has 16 heteroatoms. The minimum absolute atomic E-state index is 0.0483. The third-order valence-corrected chi connectivity index (χ3v) is 6.35. The van der Waals surface area contributed by atoms with Crippen LogP contribution in [-0.2, 0) is 39.7 Å². The molecule has 0 fully saturated rings. The fourth-order valence-electron chi connectivity index (χ4n) is 3.79. The van der Waals surface area contributed by atoms with E-state index >= 15 is 0 Å². The predicted molar refractivity (Wildman–Crippen MR) is 178 cm³/mol. The number of terminal acetylenes is 1. The van der Waals surface area contributed by atoms with E-state index in [0.29, 0.717) is 91.1 Å². The number of rotatable bonds is 30. The Morgan fingerprint density at radius 2 is 1.25 bits per heavy atom. The number of ketones is 1. The summed E-state index contributed by atoms with van der Waals surface area (Å²) in [5, 5.41) is 13.7. The van der Waals surface area contributed by atoms with Crippen LogP contribution in [0.5, 0.6) is 5.75 Å². The van der Waals surface area contributed by atoms with Crippen LogP contribution in [0.3, 0.4) is 0 Å². The molecule has 1 aromatic carbocycles. The number of amides is 5. The van der Waals surface area contributed by atoms with E-state index in [9.17, 15) is 19.2 Å². The van der Waals surface area contributed by atoms with Gasteiger partial charge in [-0.3, -0.25) is 9.59 Å². The van der Waals surface area contributed by atoms with Crippen LogP contribution in [0.4, 0.5) is 9.59 Å². The molecule has 0 spiro atoms. The molecule has 0 bridgehead atoms. The molecule has 48 heavy (non-hydrogen) atoms. The first-order valence-electron chi connectivity index (χ1n) is 15.9. The lowest BCUT2D eigenvalue weighted by molar-refractivity contribution is -0.121. The number of nitrogens with one attached hydrogen (secondary N) is 5. The van der Waals surface area contributed by atoms with E-state index in [1.165, 1.54) is 0 Å². The molecule has 7 N–H and O–H groups in total. The SMILES string of the molecule is C#CCOCCC(=O)CNCCOCCOCCNC(=O)NCCOCCOCCNC(=O)NC[C@@H](Cc1ccc(OC)cc1)C(N)=O. The van der Waals surface area contributed by atoms with Gasteiger partial charge < -0.3 is 60.7 Å². The smallest absolute Gasteiger partial charge is 0.314 e. The molecule has 5 amide bonds. The number of carbonyl (C=O) groups is 4. The van der Waals surface area contributed by atoms with Gasteiger partial charge in [0, 0.05) is 39.1 Å². The third-order valence-electron chi connectivity index (χ3n) is 6.35. The summed E-state index contributed by atoms with van der Waals surface area (Å²) >= 11 is 0. The van der Waals surface area contributed by atoms with Gasteiger partial charge in [-0.05, 0) is 24.1 Å². The van der Waals surface area contributed by atoms with Crippen LogP contribution in [0.1, 0.15) is 12.0 Å². The summed E-state index contributed by atoms with van der Waals surface area (Å²) < 4.78 is 31.8. The Morgan fingerprint density at radius 3 is 1.75 bits per heavy atom. The van der Waals surface area contributed by atoms with Gasteiger partial charge >= 0.3 is 12.1 Å². The molecule has 0 aromatic heterocycles. The summed E-state index contributed by atoms with van der Waals surface area (Å²) in [5.74, 6) is 2.06. The minimum atomic E-state index is -0.550. The van der Waals surface area contributed by atoms with Crippen molar-refractivity contribution in [3.63, 3.8) is 0 Å². The number of benzene rings is 1. The van der Waals surface area contributed by atoms with Crippen molar-refractivity contribution < 1.29 is 47.6 Å². The van der Waals surface area contributed by atoms with Gasteiger partial charge in [-0.1, -0.05) is 18.1 Å². The van der Waals surface area contributed by atoms with Crippen LogP contribution in [0.25, 0.3) is 0 Å². The van der Waals surface area contributed by atoms with E-state index in [4.69, 9.17) is 40.6 Å². The Balaban J connectivity index is 1.87. The summed E-state index contributed by atoms with van der Waals surface area (Å²) in [6, 6.07) is 6.54. The standard InChI is InChI=1S/C32H52N6O10/c1-3-13-44-14-8-28(39)25-34-9-15-45-19-20-46-16-10-35-31(41)36-11-17-47-21-22-48-18-12-37-32(42)38-24-27(30(33)40)23-26-4-6-29(43-2)7-5-26/h1,4-7,27,34H,8-25H2,2H3,(H2,33,40)(H2,35,36,41)(H2,37,38,42)/t27-/m1/s1. The van der Waals surface area contributed by atoms with E-state index in [0.717, 1.165) is 5.56 Å². The first kappa shape index (κ1) is 42.0. The zero-order valence-corrected chi connectivity index (χ0v) is 27.9. The van der Waals surface area contributed by atoms with Crippen LogP contribution in [0.2, 0.25) is 0 Å². The van der Waals surface area contributed by atoms with Gasteiger partial charge in [0.2, 0.25) is 5.91 Å². The van der Waals surface area contributed by atoms with Crippen molar-refractivity contribution in [2.45, 2.75) is 12.8 Å². The second-order valence-electron chi connectivity index (χ2n) is 10.1. The molecule has 0 saturated heterocycles. The van der Waals surface area contributed by atoms with Crippen molar-refractivity contribution in [2.75, 3.05) is 112 Å². The molecule has 270 valence electrons. The summed E-state index contributed by atoms with van der Waals surface area (Å²) in [6.07, 6.45) is 5.78. The van der Waals surface area contributed by atoms with Gasteiger partial charge in [0.25, 0.3) is 0 Å². The number of hydrogen-bond acceptors (Lipinski definition) is 11. The molecular formula is C32H52N6O10. The van der Waals surface area contributed by atoms with Gasteiger partial charge in [0.15, 0.2) is 0 Å². The van der Waals surface area contributed by atoms with Crippen LogP contribution >= 0.6 is 0 Å². The molecule has 0 aliphatic carbocycles. The van der Waals surface area contributed by atoms with Crippen molar-refractivity contribution in [1.29, 1.82) is 0 Å². The van der Waals surface area contributed by atoms with Crippen molar-refractivity contribution in [2.24, 2.45) is 11.7 Å². The van der Waals surface area contributed by atoms with E-state index in [1.807, 2.05) is 12.1 Å². The van der Waals surface area contributed by atoms with Gasteiger partial charge in [-0.15, -0.1) is 6.42 Å². The van der Waals surface area contributed by atoms with Gasteiger partial charge in [0.1, 0.15) is 18.1 Å². The molecule has 0 aliphatic rings. The first-order chi connectivity index (χ1) is 23.3.